The first-order valence-electron chi connectivity index (χ1n) is 6.43. The van der Waals surface area contributed by atoms with Gasteiger partial charge in [0.15, 0.2) is 9.84 Å². The number of hydrogen-bond acceptors (Lipinski definition) is 5. The topological polar surface area (TPSA) is 60.2 Å². The lowest BCUT2D eigenvalue weighted by molar-refractivity contribution is 0.590. The average molecular weight is 340 g/mol. The summed E-state index contributed by atoms with van der Waals surface area (Å²) in [4.78, 5) is 2.42. The Kier molecular flexibility index (Phi) is 5.75. The third-order valence-corrected chi connectivity index (χ3v) is 6.17. The van der Waals surface area contributed by atoms with Crippen LogP contribution in [-0.4, -0.2) is 26.0 Å². The molecule has 0 heterocycles. The van der Waals surface area contributed by atoms with Gasteiger partial charge in [-0.3, -0.25) is 0 Å². The SMILES string of the molecule is NC(CS)CS(=O)(=O)c1ccc(Sc2ccccc2)cc1. The van der Waals surface area contributed by atoms with E-state index in [-0.39, 0.29) is 5.75 Å². The molecule has 1 unspecified atom stereocenters. The molecule has 2 aromatic carbocycles. The first kappa shape index (κ1) is 16.4. The van der Waals surface area contributed by atoms with Crippen molar-refractivity contribution in [2.45, 2.75) is 20.7 Å². The zero-order chi connectivity index (χ0) is 15.3. The van der Waals surface area contributed by atoms with Gasteiger partial charge < -0.3 is 5.73 Å². The molecule has 0 saturated carbocycles. The van der Waals surface area contributed by atoms with E-state index in [1.807, 2.05) is 42.5 Å². The van der Waals surface area contributed by atoms with E-state index in [1.165, 1.54) is 0 Å². The summed E-state index contributed by atoms with van der Waals surface area (Å²) in [7, 11) is -3.34. The van der Waals surface area contributed by atoms with Crippen LogP contribution >= 0.6 is 24.4 Å². The molecular formula is C15H17NO2S3. The molecule has 2 N–H and O–H groups in total. The highest BCUT2D eigenvalue weighted by atomic mass is 32.2. The Morgan fingerprint density at radius 3 is 2.14 bits per heavy atom. The Morgan fingerprint density at radius 2 is 1.57 bits per heavy atom. The van der Waals surface area contributed by atoms with Crippen molar-refractivity contribution in [2.24, 2.45) is 5.73 Å². The fraction of sp³-hybridized carbons (Fsp3) is 0.200. The second-order valence-corrected chi connectivity index (χ2v) is 8.16. The van der Waals surface area contributed by atoms with Crippen molar-refractivity contribution in [3.63, 3.8) is 0 Å². The molecule has 21 heavy (non-hydrogen) atoms. The number of sulfone groups is 1. The van der Waals surface area contributed by atoms with Crippen LogP contribution in [0.4, 0.5) is 0 Å². The summed E-state index contributed by atoms with van der Waals surface area (Å²) in [6.07, 6.45) is 0. The van der Waals surface area contributed by atoms with Gasteiger partial charge in [0, 0.05) is 21.6 Å². The average Bonchev–Trinajstić information content (AvgIpc) is 2.48. The van der Waals surface area contributed by atoms with Crippen LogP contribution in [0.1, 0.15) is 0 Å². The molecule has 2 rings (SSSR count). The maximum absolute atomic E-state index is 12.2. The molecule has 0 aliphatic rings. The summed E-state index contributed by atoms with van der Waals surface area (Å²) < 4.78 is 24.3. The molecule has 0 bridgehead atoms. The van der Waals surface area contributed by atoms with Crippen molar-refractivity contribution in [3.8, 4) is 0 Å². The van der Waals surface area contributed by atoms with Crippen molar-refractivity contribution in [3.05, 3.63) is 54.6 Å². The monoisotopic (exact) mass is 339 g/mol. The molecule has 2 aromatic rings. The fourth-order valence-electron chi connectivity index (χ4n) is 1.77. The van der Waals surface area contributed by atoms with Crippen LogP contribution in [0.2, 0.25) is 0 Å². The molecule has 0 aliphatic carbocycles. The second-order valence-electron chi connectivity index (χ2n) is 4.61. The van der Waals surface area contributed by atoms with Crippen LogP contribution in [-0.2, 0) is 9.84 Å². The zero-order valence-corrected chi connectivity index (χ0v) is 13.9. The van der Waals surface area contributed by atoms with E-state index in [1.54, 1.807) is 23.9 Å². The molecule has 3 nitrogen and oxygen atoms in total. The van der Waals surface area contributed by atoms with Crippen molar-refractivity contribution < 1.29 is 8.42 Å². The Bertz CT molecular complexity index is 670. The van der Waals surface area contributed by atoms with Crippen LogP contribution < -0.4 is 5.73 Å². The molecule has 0 amide bonds. The van der Waals surface area contributed by atoms with Crippen molar-refractivity contribution in [1.82, 2.24) is 0 Å². The molecule has 112 valence electrons. The summed E-state index contributed by atoms with van der Waals surface area (Å²) >= 11 is 5.61. The molecule has 0 aliphatic heterocycles. The van der Waals surface area contributed by atoms with Gasteiger partial charge in [0.25, 0.3) is 0 Å². The van der Waals surface area contributed by atoms with E-state index < -0.39 is 15.9 Å². The highest BCUT2D eigenvalue weighted by Gasteiger charge is 2.18. The van der Waals surface area contributed by atoms with Gasteiger partial charge in [0.2, 0.25) is 0 Å². The Hall–Kier alpha value is -0.950. The van der Waals surface area contributed by atoms with Gasteiger partial charge in [-0.15, -0.1) is 0 Å². The highest BCUT2D eigenvalue weighted by molar-refractivity contribution is 7.99. The first-order valence-corrected chi connectivity index (χ1v) is 9.53. The third-order valence-electron chi connectivity index (χ3n) is 2.83. The molecule has 6 heteroatoms. The first-order chi connectivity index (χ1) is 10.0. The molecule has 0 saturated heterocycles. The Labute approximate surface area is 135 Å². The van der Waals surface area contributed by atoms with Crippen LogP contribution in [0.3, 0.4) is 0 Å². The molecular weight excluding hydrogens is 322 g/mol. The van der Waals surface area contributed by atoms with E-state index in [0.29, 0.717) is 10.6 Å². The van der Waals surface area contributed by atoms with Crippen molar-refractivity contribution >= 4 is 34.2 Å². The third kappa shape index (κ3) is 4.78. The highest BCUT2D eigenvalue weighted by Crippen LogP contribution is 2.28. The van der Waals surface area contributed by atoms with E-state index in [2.05, 4.69) is 12.6 Å². The molecule has 0 fully saturated rings. The second kappa shape index (κ2) is 7.35. The summed E-state index contributed by atoms with van der Waals surface area (Å²) in [5.41, 5.74) is 5.67. The van der Waals surface area contributed by atoms with Gasteiger partial charge in [-0.25, -0.2) is 8.42 Å². The van der Waals surface area contributed by atoms with Crippen LogP contribution in [0.15, 0.2) is 69.3 Å². The molecule has 0 radical (unpaired) electrons. The van der Waals surface area contributed by atoms with Crippen molar-refractivity contribution in [2.75, 3.05) is 11.5 Å². The van der Waals surface area contributed by atoms with E-state index in [4.69, 9.17) is 5.73 Å². The molecule has 0 aromatic heterocycles. The fourth-order valence-corrected chi connectivity index (χ4v) is 4.34. The van der Waals surface area contributed by atoms with Gasteiger partial charge in [0.1, 0.15) is 0 Å². The number of rotatable bonds is 6. The minimum Gasteiger partial charge on any atom is -0.326 e. The summed E-state index contributed by atoms with van der Waals surface area (Å²) in [6.45, 7) is 0. The van der Waals surface area contributed by atoms with E-state index in [9.17, 15) is 8.42 Å². The van der Waals surface area contributed by atoms with Crippen molar-refractivity contribution in [1.29, 1.82) is 0 Å². The minimum atomic E-state index is -3.34. The lowest BCUT2D eigenvalue weighted by Gasteiger charge is -2.10. The Balaban J connectivity index is 2.12. The molecule has 0 spiro atoms. The van der Waals surface area contributed by atoms with E-state index in [0.717, 1.165) is 9.79 Å². The predicted molar refractivity (Wildman–Crippen MR) is 90.9 cm³/mol. The maximum Gasteiger partial charge on any atom is 0.179 e. The summed E-state index contributed by atoms with van der Waals surface area (Å²) in [5.74, 6) is 0.267. The van der Waals surface area contributed by atoms with Crippen LogP contribution in [0, 0.1) is 0 Å². The number of thiol groups is 1. The van der Waals surface area contributed by atoms with Gasteiger partial charge in [-0.05, 0) is 36.4 Å². The van der Waals surface area contributed by atoms with Gasteiger partial charge in [-0.1, -0.05) is 30.0 Å². The Morgan fingerprint density at radius 1 is 1.00 bits per heavy atom. The number of hydrogen-bond donors (Lipinski definition) is 2. The smallest absolute Gasteiger partial charge is 0.179 e. The van der Waals surface area contributed by atoms with E-state index >= 15 is 0 Å². The van der Waals surface area contributed by atoms with Gasteiger partial charge in [0.05, 0.1) is 10.6 Å². The standard InChI is InChI=1S/C15H17NO2S3/c16-12(10-19)11-21(17,18)15-8-6-14(7-9-15)20-13-4-2-1-3-5-13/h1-9,12,19H,10-11,16H2. The summed E-state index contributed by atoms with van der Waals surface area (Å²) in [6, 6.07) is 16.4. The number of nitrogens with two attached hydrogens (primary N) is 1. The summed E-state index contributed by atoms with van der Waals surface area (Å²) in [5, 5.41) is 0. The lowest BCUT2D eigenvalue weighted by Crippen LogP contribution is -2.31. The molecule has 1 atom stereocenters. The zero-order valence-electron chi connectivity index (χ0n) is 11.3. The van der Waals surface area contributed by atoms with Crippen LogP contribution in [0.5, 0.6) is 0 Å². The quantitative estimate of drug-likeness (QED) is 0.795. The van der Waals surface area contributed by atoms with Gasteiger partial charge in [-0.2, -0.15) is 12.6 Å². The van der Waals surface area contributed by atoms with Crippen LogP contribution in [0.25, 0.3) is 0 Å². The minimum absolute atomic E-state index is 0.0817. The number of benzene rings is 2. The predicted octanol–water partition coefficient (Wildman–Crippen LogP) is 2.87. The normalized spacial score (nSPS) is 13.0. The largest absolute Gasteiger partial charge is 0.326 e. The maximum atomic E-state index is 12.2. The van der Waals surface area contributed by atoms with Gasteiger partial charge >= 0.3 is 0 Å². The lowest BCUT2D eigenvalue weighted by atomic mass is 10.4.